The van der Waals surface area contributed by atoms with Crippen molar-refractivity contribution in [2.45, 2.75) is 98.3 Å². The molecule has 0 spiro atoms. The van der Waals surface area contributed by atoms with E-state index in [2.05, 4.69) is 39.0 Å². The molecule has 0 N–H and O–H groups in total. The summed E-state index contributed by atoms with van der Waals surface area (Å²) in [6.45, 7) is 8.83. The molecule has 0 aliphatic rings. The lowest BCUT2D eigenvalue weighted by atomic mass is 10.0. The van der Waals surface area contributed by atoms with Gasteiger partial charge in [0.25, 0.3) is 0 Å². The quantitative estimate of drug-likeness (QED) is 0.112. The summed E-state index contributed by atoms with van der Waals surface area (Å²) >= 11 is 0. The van der Waals surface area contributed by atoms with Crippen LogP contribution in [0, 0.1) is 5.92 Å². The number of esters is 2. The van der Waals surface area contributed by atoms with Gasteiger partial charge in [0.05, 0.1) is 25.7 Å². The van der Waals surface area contributed by atoms with Crippen molar-refractivity contribution in [2.75, 3.05) is 6.61 Å². The molecule has 0 aliphatic carbocycles. The number of allylic oxidation sites excluding steroid dienone is 5. The van der Waals surface area contributed by atoms with Gasteiger partial charge in [0.15, 0.2) is 0 Å². The van der Waals surface area contributed by atoms with E-state index in [-0.39, 0.29) is 24.8 Å². The molecule has 0 radical (unpaired) electrons. The molecule has 0 rings (SSSR count). The van der Waals surface area contributed by atoms with Crippen molar-refractivity contribution in [2.24, 2.45) is 5.92 Å². The van der Waals surface area contributed by atoms with E-state index in [0.717, 1.165) is 38.5 Å². The van der Waals surface area contributed by atoms with Crippen LogP contribution in [-0.4, -0.2) is 18.5 Å². The van der Waals surface area contributed by atoms with Crippen LogP contribution < -0.4 is 0 Å². The lowest BCUT2D eigenvalue weighted by Gasteiger charge is -2.10. The first kappa shape index (κ1) is 27.2. The highest BCUT2D eigenvalue weighted by Crippen LogP contribution is 2.12. The predicted molar refractivity (Wildman–Crippen MR) is 120 cm³/mol. The molecule has 1 unspecified atom stereocenters. The Labute approximate surface area is 178 Å². The fourth-order valence-electron chi connectivity index (χ4n) is 2.75. The van der Waals surface area contributed by atoms with Gasteiger partial charge in [-0.25, -0.2) is 0 Å². The van der Waals surface area contributed by atoms with E-state index >= 15 is 0 Å². The Morgan fingerprint density at radius 2 is 1.52 bits per heavy atom. The first-order chi connectivity index (χ1) is 14.0. The molecule has 0 fully saturated rings. The second-order valence-corrected chi connectivity index (χ2v) is 7.90. The van der Waals surface area contributed by atoms with Gasteiger partial charge in [0.2, 0.25) is 0 Å². The van der Waals surface area contributed by atoms with Crippen molar-refractivity contribution in [3.63, 3.8) is 0 Å². The maximum atomic E-state index is 11.7. The molecule has 1 atom stereocenters. The van der Waals surface area contributed by atoms with Crippen LogP contribution in [0.5, 0.6) is 0 Å². The fraction of sp³-hybridized carbons (Fsp3) is 0.680. The summed E-state index contributed by atoms with van der Waals surface area (Å²) in [6, 6.07) is 0. The van der Waals surface area contributed by atoms with E-state index in [4.69, 9.17) is 9.47 Å². The molecule has 166 valence electrons. The summed E-state index contributed by atoms with van der Waals surface area (Å²) in [4.78, 5) is 23.4. The highest BCUT2D eigenvalue weighted by atomic mass is 16.5. The maximum Gasteiger partial charge on any atom is 0.311 e. The lowest BCUT2D eigenvalue weighted by Crippen LogP contribution is -2.11. The zero-order chi connectivity index (χ0) is 21.7. The molecular weight excluding hydrogens is 364 g/mol. The van der Waals surface area contributed by atoms with Crippen LogP contribution in [0.15, 0.2) is 36.1 Å². The summed E-state index contributed by atoms with van der Waals surface area (Å²) < 4.78 is 10.2. The Balaban J connectivity index is 3.61. The third kappa shape index (κ3) is 20.7. The zero-order valence-corrected chi connectivity index (χ0v) is 19.1. The van der Waals surface area contributed by atoms with Gasteiger partial charge in [-0.1, -0.05) is 43.6 Å². The minimum Gasteiger partial charge on any atom is -0.466 e. The van der Waals surface area contributed by atoms with Gasteiger partial charge in [-0.3, -0.25) is 9.59 Å². The molecule has 0 aromatic heterocycles. The third-order valence-corrected chi connectivity index (χ3v) is 4.64. The average Bonchev–Trinajstić information content (AvgIpc) is 2.67. The van der Waals surface area contributed by atoms with Crippen LogP contribution in [0.4, 0.5) is 0 Å². The van der Waals surface area contributed by atoms with Crippen LogP contribution in [0.25, 0.3) is 0 Å². The van der Waals surface area contributed by atoms with E-state index in [1.54, 1.807) is 0 Å². The van der Waals surface area contributed by atoms with Crippen LogP contribution in [0.3, 0.4) is 0 Å². The van der Waals surface area contributed by atoms with Crippen LogP contribution in [0.1, 0.15) is 98.3 Å². The Kier molecular flexibility index (Phi) is 18.2. The van der Waals surface area contributed by atoms with E-state index in [9.17, 15) is 9.59 Å². The standard InChI is InChI=1S/C25H42O4/c1-5-6-7-8-9-10-11-12-13-20-28-24(26)17-18-25(27)29-21-19-23(4)16-14-15-22(2)3/h5-6,13,15,20,23H,7-12,14,16-19,21H2,1-4H3/b6-5+,20-13+. The molecule has 0 saturated carbocycles. The molecule has 0 amide bonds. The highest BCUT2D eigenvalue weighted by molar-refractivity contribution is 5.77. The summed E-state index contributed by atoms with van der Waals surface area (Å²) in [5, 5.41) is 0. The molecule has 0 bridgehead atoms. The lowest BCUT2D eigenvalue weighted by molar-refractivity contribution is -0.148. The number of unbranched alkanes of at least 4 members (excludes halogenated alkanes) is 5. The largest absolute Gasteiger partial charge is 0.466 e. The number of rotatable bonds is 17. The van der Waals surface area contributed by atoms with Crippen molar-refractivity contribution in [3.8, 4) is 0 Å². The second-order valence-electron chi connectivity index (χ2n) is 7.90. The van der Waals surface area contributed by atoms with Crippen LogP contribution >= 0.6 is 0 Å². The second kappa shape index (κ2) is 19.5. The van der Waals surface area contributed by atoms with Crippen molar-refractivity contribution in [1.29, 1.82) is 0 Å². The molecule has 4 nitrogen and oxygen atoms in total. The van der Waals surface area contributed by atoms with Crippen LogP contribution in [0.2, 0.25) is 0 Å². The monoisotopic (exact) mass is 406 g/mol. The molecule has 4 heteroatoms. The van der Waals surface area contributed by atoms with E-state index in [1.807, 2.05) is 13.0 Å². The molecule has 0 aromatic carbocycles. The smallest absolute Gasteiger partial charge is 0.311 e. The summed E-state index contributed by atoms with van der Waals surface area (Å²) in [5.74, 6) is -0.207. The molecular formula is C25H42O4. The van der Waals surface area contributed by atoms with Gasteiger partial charge in [0.1, 0.15) is 0 Å². The predicted octanol–water partition coefficient (Wildman–Crippen LogP) is 7.06. The summed E-state index contributed by atoms with van der Waals surface area (Å²) in [6.07, 6.45) is 19.8. The summed E-state index contributed by atoms with van der Waals surface area (Å²) in [7, 11) is 0. The van der Waals surface area contributed by atoms with Gasteiger partial charge in [-0.15, -0.1) is 0 Å². The Morgan fingerprint density at radius 1 is 0.862 bits per heavy atom. The topological polar surface area (TPSA) is 52.6 Å². The number of ether oxygens (including phenoxy) is 2. The SMILES string of the molecule is C/C=C/CCCCCC/C=C/OC(=O)CCC(=O)OCCC(C)CCC=C(C)C. The molecule has 29 heavy (non-hydrogen) atoms. The Hall–Kier alpha value is -1.84. The third-order valence-electron chi connectivity index (χ3n) is 4.64. The summed E-state index contributed by atoms with van der Waals surface area (Å²) in [5.41, 5.74) is 1.33. The fourth-order valence-corrected chi connectivity index (χ4v) is 2.75. The number of carbonyl (C=O) groups excluding carboxylic acids is 2. The van der Waals surface area contributed by atoms with Gasteiger partial charge in [0, 0.05) is 0 Å². The van der Waals surface area contributed by atoms with Crippen molar-refractivity contribution >= 4 is 11.9 Å². The number of hydrogen-bond acceptors (Lipinski definition) is 4. The minimum atomic E-state index is -0.389. The number of carbonyl (C=O) groups is 2. The van der Waals surface area contributed by atoms with E-state index in [1.165, 1.54) is 31.1 Å². The molecule has 0 aliphatic heterocycles. The first-order valence-corrected chi connectivity index (χ1v) is 11.2. The average molecular weight is 407 g/mol. The molecule has 0 heterocycles. The van der Waals surface area contributed by atoms with Crippen molar-refractivity contribution < 1.29 is 19.1 Å². The van der Waals surface area contributed by atoms with Crippen molar-refractivity contribution in [3.05, 3.63) is 36.1 Å². The highest BCUT2D eigenvalue weighted by Gasteiger charge is 2.09. The molecule has 0 saturated heterocycles. The van der Waals surface area contributed by atoms with E-state index in [0.29, 0.717) is 12.5 Å². The van der Waals surface area contributed by atoms with Gasteiger partial charge >= 0.3 is 11.9 Å². The molecule has 0 aromatic rings. The normalized spacial score (nSPS) is 12.3. The van der Waals surface area contributed by atoms with E-state index < -0.39 is 0 Å². The Morgan fingerprint density at radius 3 is 2.17 bits per heavy atom. The Bertz CT molecular complexity index is 513. The number of hydrogen-bond donors (Lipinski definition) is 0. The maximum absolute atomic E-state index is 11.7. The van der Waals surface area contributed by atoms with Crippen molar-refractivity contribution in [1.82, 2.24) is 0 Å². The first-order valence-electron chi connectivity index (χ1n) is 11.2. The van der Waals surface area contributed by atoms with Gasteiger partial charge in [-0.05, 0) is 77.7 Å². The van der Waals surface area contributed by atoms with Crippen LogP contribution in [-0.2, 0) is 19.1 Å². The zero-order valence-electron chi connectivity index (χ0n) is 19.1. The minimum absolute atomic E-state index is 0.0598. The van der Waals surface area contributed by atoms with Gasteiger partial charge < -0.3 is 9.47 Å². The van der Waals surface area contributed by atoms with Gasteiger partial charge in [-0.2, -0.15) is 0 Å².